The summed E-state index contributed by atoms with van der Waals surface area (Å²) in [5.41, 5.74) is 0. The van der Waals surface area contributed by atoms with Crippen molar-refractivity contribution in [1.29, 1.82) is 0 Å². The Morgan fingerprint density at radius 1 is 1.35 bits per heavy atom. The molecule has 0 heterocycles. The van der Waals surface area contributed by atoms with Gasteiger partial charge in [-0.2, -0.15) is 0 Å². The summed E-state index contributed by atoms with van der Waals surface area (Å²) in [5.74, 6) is 0. The van der Waals surface area contributed by atoms with Gasteiger partial charge >= 0.3 is 0 Å². The fourth-order valence-corrected chi connectivity index (χ4v) is 3.94. The van der Waals surface area contributed by atoms with Gasteiger partial charge < -0.3 is 5.11 Å². The fraction of sp³-hybridized carbons (Fsp3) is 0.385. The van der Waals surface area contributed by atoms with Crippen LogP contribution in [-0.4, -0.2) is 27.7 Å². The van der Waals surface area contributed by atoms with Crippen LogP contribution >= 0.6 is 0 Å². The Labute approximate surface area is 103 Å². The normalized spacial score (nSPS) is 18.6. The van der Waals surface area contributed by atoms with Gasteiger partial charge in [0.2, 0.25) is 0 Å². The summed E-state index contributed by atoms with van der Waals surface area (Å²) in [4.78, 5) is 0.659. The molecule has 4 heteroatoms. The first-order valence-electron chi connectivity index (χ1n) is 5.56. The van der Waals surface area contributed by atoms with Gasteiger partial charge in [0.15, 0.2) is 0 Å². The van der Waals surface area contributed by atoms with E-state index in [1.807, 2.05) is 25.1 Å². The predicted molar refractivity (Wildman–Crippen MR) is 71.5 cm³/mol. The topological polar surface area (TPSA) is 49.7 Å². The van der Waals surface area contributed by atoms with Crippen molar-refractivity contribution in [2.75, 3.05) is 7.05 Å². The Morgan fingerprint density at radius 3 is 2.35 bits per heavy atom. The van der Waals surface area contributed by atoms with Crippen LogP contribution in [0, 0.1) is 0 Å². The summed E-state index contributed by atoms with van der Waals surface area (Å²) in [5, 5.41) is 9.29. The average molecular weight is 253 g/mol. The van der Waals surface area contributed by atoms with Crippen LogP contribution in [0.15, 0.2) is 51.7 Å². The fourth-order valence-electron chi connectivity index (χ4n) is 1.72. The SMILES string of the molecule is C/C=C\[C@H]([C@@H](C)O)[S@](=O)(=NC)c1ccccc1. The van der Waals surface area contributed by atoms with Gasteiger partial charge in [0.05, 0.1) is 21.1 Å². The molecule has 0 saturated heterocycles. The highest BCUT2D eigenvalue weighted by Crippen LogP contribution is 2.22. The smallest absolute Gasteiger partial charge is 0.0910 e. The van der Waals surface area contributed by atoms with Gasteiger partial charge in [-0.25, -0.2) is 8.57 Å². The van der Waals surface area contributed by atoms with Gasteiger partial charge in [-0.15, -0.1) is 0 Å². The summed E-state index contributed by atoms with van der Waals surface area (Å²) in [6.07, 6.45) is 2.85. The van der Waals surface area contributed by atoms with E-state index in [4.69, 9.17) is 0 Å². The van der Waals surface area contributed by atoms with E-state index in [2.05, 4.69) is 4.36 Å². The van der Waals surface area contributed by atoms with Crippen molar-refractivity contribution in [1.82, 2.24) is 0 Å². The number of aliphatic hydroxyl groups is 1. The highest BCUT2D eigenvalue weighted by atomic mass is 32.2. The van der Waals surface area contributed by atoms with Crippen LogP contribution in [0.2, 0.25) is 0 Å². The van der Waals surface area contributed by atoms with Crippen molar-refractivity contribution in [3.8, 4) is 0 Å². The third kappa shape index (κ3) is 2.96. The van der Waals surface area contributed by atoms with Gasteiger partial charge in [0.25, 0.3) is 0 Å². The highest BCUT2D eigenvalue weighted by Gasteiger charge is 2.26. The third-order valence-electron chi connectivity index (χ3n) is 2.58. The maximum Gasteiger partial charge on any atom is 0.0910 e. The molecule has 3 atom stereocenters. The third-order valence-corrected chi connectivity index (χ3v) is 5.36. The lowest BCUT2D eigenvalue weighted by Gasteiger charge is -2.21. The number of nitrogens with zero attached hydrogens (tertiary/aromatic N) is 1. The second-order valence-corrected chi connectivity index (χ2v) is 6.31. The van der Waals surface area contributed by atoms with Gasteiger partial charge in [-0.1, -0.05) is 30.4 Å². The number of hydrogen-bond acceptors (Lipinski definition) is 3. The molecule has 0 saturated carbocycles. The van der Waals surface area contributed by atoms with Gasteiger partial charge in [0, 0.05) is 11.9 Å². The van der Waals surface area contributed by atoms with Crippen LogP contribution in [0.3, 0.4) is 0 Å². The van der Waals surface area contributed by atoms with E-state index in [-0.39, 0.29) is 0 Å². The van der Waals surface area contributed by atoms with Crippen molar-refractivity contribution >= 4 is 9.73 Å². The molecule has 1 aromatic rings. The van der Waals surface area contributed by atoms with Crippen LogP contribution in [0.1, 0.15) is 13.8 Å². The first kappa shape index (κ1) is 13.9. The zero-order valence-corrected chi connectivity index (χ0v) is 11.2. The zero-order valence-electron chi connectivity index (χ0n) is 10.4. The number of allylic oxidation sites excluding steroid dienone is 1. The van der Waals surface area contributed by atoms with Crippen LogP contribution in [0.5, 0.6) is 0 Å². The summed E-state index contributed by atoms with van der Waals surface area (Å²) in [6, 6.07) is 9.10. The Hall–Kier alpha value is -1.13. The standard InChI is InChI=1S/C13H19NO2S/c1-4-8-13(11(2)15)17(16,14-3)12-9-6-5-7-10-12/h4-11,13,15H,1-3H3/b8-4-/t11-,13-,17+/m1/s1. The molecule has 0 bridgehead atoms. The van der Waals surface area contributed by atoms with Crippen molar-refractivity contribution in [3.63, 3.8) is 0 Å². The number of benzene rings is 1. The van der Waals surface area contributed by atoms with Crippen molar-refractivity contribution in [2.24, 2.45) is 4.36 Å². The zero-order chi connectivity index (χ0) is 12.9. The molecule has 94 valence electrons. The average Bonchev–Trinajstić information content (AvgIpc) is 2.35. The quantitative estimate of drug-likeness (QED) is 0.838. The van der Waals surface area contributed by atoms with E-state index in [9.17, 15) is 9.32 Å². The second kappa shape index (κ2) is 5.98. The van der Waals surface area contributed by atoms with E-state index in [0.717, 1.165) is 0 Å². The van der Waals surface area contributed by atoms with Crippen LogP contribution in [0.25, 0.3) is 0 Å². The molecule has 17 heavy (non-hydrogen) atoms. The molecule has 0 aromatic heterocycles. The van der Waals surface area contributed by atoms with Crippen LogP contribution in [-0.2, 0) is 9.73 Å². The summed E-state index contributed by atoms with van der Waals surface area (Å²) in [6.45, 7) is 3.48. The van der Waals surface area contributed by atoms with E-state index in [1.54, 1.807) is 31.2 Å². The van der Waals surface area contributed by atoms with E-state index < -0.39 is 21.1 Å². The minimum absolute atomic E-state index is 0.486. The van der Waals surface area contributed by atoms with Crippen molar-refractivity contribution in [2.45, 2.75) is 30.1 Å². The lowest BCUT2D eigenvalue weighted by atomic mass is 10.2. The number of aliphatic hydroxyl groups excluding tert-OH is 1. The molecule has 0 fully saturated rings. The Balaban J connectivity index is 3.35. The lowest BCUT2D eigenvalue weighted by molar-refractivity contribution is 0.201. The van der Waals surface area contributed by atoms with Gasteiger partial charge in [-0.05, 0) is 26.0 Å². The monoisotopic (exact) mass is 253 g/mol. The number of rotatable bonds is 4. The highest BCUT2D eigenvalue weighted by molar-refractivity contribution is 7.94. The minimum Gasteiger partial charge on any atom is -0.392 e. The molecule has 1 aromatic carbocycles. The van der Waals surface area contributed by atoms with Crippen LogP contribution < -0.4 is 0 Å². The molecule has 0 amide bonds. The molecule has 1 rings (SSSR count). The molecule has 0 spiro atoms. The first-order chi connectivity index (χ1) is 8.06. The largest absolute Gasteiger partial charge is 0.392 e. The molecule has 0 unspecified atom stereocenters. The second-order valence-electron chi connectivity index (χ2n) is 3.80. The summed E-state index contributed by atoms with van der Waals surface area (Å²) < 4.78 is 17.0. The molecular formula is C13H19NO2S. The summed E-state index contributed by atoms with van der Waals surface area (Å²) >= 11 is 0. The van der Waals surface area contributed by atoms with Gasteiger partial charge in [-0.3, -0.25) is 0 Å². The predicted octanol–water partition coefficient (Wildman–Crippen LogP) is 2.47. The Kier molecular flexibility index (Phi) is 4.90. The first-order valence-corrected chi connectivity index (χ1v) is 7.14. The molecular weight excluding hydrogens is 234 g/mol. The van der Waals surface area contributed by atoms with E-state index >= 15 is 0 Å². The number of hydrogen-bond donors (Lipinski definition) is 1. The molecule has 0 aliphatic carbocycles. The van der Waals surface area contributed by atoms with E-state index in [0.29, 0.717) is 4.90 Å². The maximum absolute atomic E-state index is 12.9. The molecule has 0 aliphatic heterocycles. The van der Waals surface area contributed by atoms with Crippen molar-refractivity contribution < 1.29 is 9.32 Å². The van der Waals surface area contributed by atoms with E-state index in [1.165, 1.54) is 7.05 Å². The van der Waals surface area contributed by atoms with Gasteiger partial charge in [0.1, 0.15) is 0 Å². The lowest BCUT2D eigenvalue weighted by Crippen LogP contribution is -2.30. The Morgan fingerprint density at radius 2 is 1.94 bits per heavy atom. The molecule has 0 radical (unpaired) electrons. The molecule has 0 aliphatic rings. The maximum atomic E-state index is 12.9. The van der Waals surface area contributed by atoms with Crippen LogP contribution in [0.4, 0.5) is 0 Å². The Bertz CT molecular complexity index is 485. The summed E-state index contributed by atoms with van der Waals surface area (Å²) in [7, 11) is -1.08. The molecule has 1 N–H and O–H groups in total. The minimum atomic E-state index is -2.62. The van der Waals surface area contributed by atoms with Crippen molar-refractivity contribution in [3.05, 3.63) is 42.5 Å². The molecule has 3 nitrogen and oxygen atoms in total.